The van der Waals surface area contributed by atoms with Crippen LogP contribution in [0.1, 0.15) is 15.9 Å². The summed E-state index contributed by atoms with van der Waals surface area (Å²) < 4.78 is 51.8. The van der Waals surface area contributed by atoms with Gasteiger partial charge in [0.25, 0.3) is 5.91 Å². The van der Waals surface area contributed by atoms with Crippen LogP contribution in [0.5, 0.6) is 11.5 Å². The fraction of sp³-hybridized carbons (Fsp3) is 0.222. The number of amides is 1. The standard InChI is InChI=1S/C18H16F3NO5/c1-10-3-5-12(19)8-13(10)22-16(23)9-26-17(24)11-4-6-14(27-18(20)21)15(7-11)25-2/h3-8,18H,9H2,1-2H3,(H,22,23). The SMILES string of the molecule is COc1cc(C(=O)OCC(=O)Nc2cc(F)ccc2C)ccc1OC(F)F. The summed E-state index contributed by atoms with van der Waals surface area (Å²) in [5, 5.41) is 2.43. The zero-order chi connectivity index (χ0) is 20.0. The molecule has 0 heterocycles. The van der Waals surface area contributed by atoms with E-state index in [2.05, 4.69) is 10.1 Å². The molecule has 27 heavy (non-hydrogen) atoms. The van der Waals surface area contributed by atoms with Gasteiger partial charge >= 0.3 is 12.6 Å². The summed E-state index contributed by atoms with van der Waals surface area (Å²) in [6, 6.07) is 7.34. The van der Waals surface area contributed by atoms with Crippen LogP contribution in [-0.2, 0) is 9.53 Å². The van der Waals surface area contributed by atoms with Crippen LogP contribution in [0, 0.1) is 12.7 Å². The Morgan fingerprint density at radius 1 is 1.11 bits per heavy atom. The molecule has 0 atom stereocenters. The molecule has 0 saturated carbocycles. The number of halogens is 3. The van der Waals surface area contributed by atoms with E-state index in [1.54, 1.807) is 6.92 Å². The molecule has 0 aromatic heterocycles. The predicted octanol–water partition coefficient (Wildman–Crippen LogP) is 3.54. The summed E-state index contributed by atoms with van der Waals surface area (Å²) >= 11 is 0. The molecule has 0 bridgehead atoms. The highest BCUT2D eigenvalue weighted by Crippen LogP contribution is 2.29. The van der Waals surface area contributed by atoms with Gasteiger partial charge in [-0.1, -0.05) is 6.07 Å². The van der Waals surface area contributed by atoms with Gasteiger partial charge in [-0.15, -0.1) is 0 Å². The number of methoxy groups -OCH3 is 1. The number of aryl methyl sites for hydroxylation is 1. The van der Waals surface area contributed by atoms with Crippen molar-refractivity contribution in [2.24, 2.45) is 0 Å². The zero-order valence-corrected chi connectivity index (χ0v) is 14.4. The molecule has 0 saturated heterocycles. The van der Waals surface area contributed by atoms with Gasteiger partial charge in [0.05, 0.1) is 12.7 Å². The van der Waals surface area contributed by atoms with Crippen LogP contribution in [0.4, 0.5) is 18.9 Å². The molecule has 1 N–H and O–H groups in total. The molecule has 0 aliphatic carbocycles. The fourth-order valence-electron chi connectivity index (χ4n) is 2.12. The fourth-order valence-corrected chi connectivity index (χ4v) is 2.12. The Morgan fingerprint density at radius 3 is 2.52 bits per heavy atom. The second-order valence-electron chi connectivity index (χ2n) is 5.33. The van der Waals surface area contributed by atoms with Gasteiger partial charge in [-0.2, -0.15) is 8.78 Å². The quantitative estimate of drug-likeness (QED) is 0.741. The van der Waals surface area contributed by atoms with Gasteiger partial charge in [-0.05, 0) is 42.8 Å². The second kappa shape index (κ2) is 8.93. The molecule has 9 heteroatoms. The van der Waals surface area contributed by atoms with Crippen molar-refractivity contribution in [2.45, 2.75) is 13.5 Å². The van der Waals surface area contributed by atoms with Crippen LogP contribution in [0.2, 0.25) is 0 Å². The molecule has 1 amide bonds. The molecule has 2 rings (SSSR count). The second-order valence-corrected chi connectivity index (χ2v) is 5.33. The first-order valence-corrected chi connectivity index (χ1v) is 7.66. The average Bonchev–Trinajstić information content (AvgIpc) is 2.62. The summed E-state index contributed by atoms with van der Waals surface area (Å²) in [4.78, 5) is 23.9. The van der Waals surface area contributed by atoms with E-state index in [-0.39, 0.29) is 22.7 Å². The van der Waals surface area contributed by atoms with E-state index >= 15 is 0 Å². The molecule has 6 nitrogen and oxygen atoms in total. The third-order valence-corrected chi connectivity index (χ3v) is 3.42. The lowest BCUT2D eigenvalue weighted by atomic mass is 10.2. The minimum absolute atomic E-state index is 0.0248. The Bertz CT molecular complexity index is 842. The molecular formula is C18H16F3NO5. The van der Waals surface area contributed by atoms with Crippen molar-refractivity contribution in [2.75, 3.05) is 19.0 Å². The molecule has 144 valence electrons. The van der Waals surface area contributed by atoms with Crippen LogP contribution >= 0.6 is 0 Å². The largest absolute Gasteiger partial charge is 0.493 e. The highest BCUT2D eigenvalue weighted by molar-refractivity contribution is 5.96. The Labute approximate surface area is 152 Å². The number of hydrogen-bond donors (Lipinski definition) is 1. The van der Waals surface area contributed by atoms with Crippen LogP contribution in [-0.4, -0.2) is 32.2 Å². The Balaban J connectivity index is 1.98. The van der Waals surface area contributed by atoms with E-state index in [1.807, 2.05) is 0 Å². The summed E-state index contributed by atoms with van der Waals surface area (Å²) in [6.07, 6.45) is 0. The highest BCUT2D eigenvalue weighted by atomic mass is 19.3. The molecule has 0 unspecified atom stereocenters. The minimum atomic E-state index is -3.05. The van der Waals surface area contributed by atoms with Gasteiger partial charge in [-0.25, -0.2) is 9.18 Å². The maximum atomic E-state index is 13.2. The number of nitrogens with one attached hydrogen (secondary N) is 1. The van der Waals surface area contributed by atoms with Gasteiger partial charge in [0, 0.05) is 5.69 Å². The molecule has 0 aliphatic heterocycles. The van der Waals surface area contributed by atoms with E-state index in [0.29, 0.717) is 5.56 Å². The lowest BCUT2D eigenvalue weighted by Crippen LogP contribution is -2.21. The van der Waals surface area contributed by atoms with Gasteiger partial charge in [-0.3, -0.25) is 4.79 Å². The lowest BCUT2D eigenvalue weighted by Gasteiger charge is -2.12. The molecule has 0 fully saturated rings. The third-order valence-electron chi connectivity index (χ3n) is 3.42. The van der Waals surface area contributed by atoms with Gasteiger partial charge in [0.2, 0.25) is 0 Å². The van der Waals surface area contributed by atoms with Crippen molar-refractivity contribution in [3.63, 3.8) is 0 Å². The first-order valence-electron chi connectivity index (χ1n) is 7.66. The van der Waals surface area contributed by atoms with E-state index in [4.69, 9.17) is 9.47 Å². The topological polar surface area (TPSA) is 73.9 Å². The Morgan fingerprint density at radius 2 is 1.85 bits per heavy atom. The first-order chi connectivity index (χ1) is 12.8. The number of rotatable bonds is 7. The van der Waals surface area contributed by atoms with Gasteiger partial charge in [0.1, 0.15) is 5.82 Å². The van der Waals surface area contributed by atoms with Crippen molar-refractivity contribution in [1.29, 1.82) is 0 Å². The van der Waals surface area contributed by atoms with Crippen molar-refractivity contribution in [3.8, 4) is 11.5 Å². The lowest BCUT2D eigenvalue weighted by molar-refractivity contribution is -0.119. The van der Waals surface area contributed by atoms with Crippen molar-refractivity contribution >= 4 is 17.6 Å². The molecule has 2 aromatic carbocycles. The number of alkyl halides is 2. The number of ether oxygens (including phenoxy) is 3. The highest BCUT2D eigenvalue weighted by Gasteiger charge is 2.16. The van der Waals surface area contributed by atoms with E-state index < -0.39 is 30.9 Å². The van der Waals surface area contributed by atoms with E-state index in [0.717, 1.165) is 18.2 Å². The number of anilines is 1. The van der Waals surface area contributed by atoms with Crippen LogP contribution in [0.15, 0.2) is 36.4 Å². The third kappa shape index (κ3) is 5.63. The summed E-state index contributed by atoms with van der Waals surface area (Å²) in [6.45, 7) is -1.99. The maximum Gasteiger partial charge on any atom is 0.387 e. The smallest absolute Gasteiger partial charge is 0.387 e. The molecule has 2 aromatic rings. The zero-order valence-electron chi connectivity index (χ0n) is 14.4. The number of benzene rings is 2. The van der Waals surface area contributed by atoms with Crippen LogP contribution in [0.25, 0.3) is 0 Å². The van der Waals surface area contributed by atoms with Crippen molar-refractivity contribution in [3.05, 3.63) is 53.3 Å². The van der Waals surface area contributed by atoms with Crippen LogP contribution < -0.4 is 14.8 Å². The maximum absolute atomic E-state index is 13.2. The summed E-state index contributed by atoms with van der Waals surface area (Å²) in [7, 11) is 1.22. The molecular weight excluding hydrogens is 367 g/mol. The van der Waals surface area contributed by atoms with Crippen molar-refractivity contribution < 1.29 is 37.0 Å². The number of hydrogen-bond acceptors (Lipinski definition) is 5. The summed E-state index contributed by atoms with van der Waals surface area (Å²) in [5.41, 5.74) is 0.866. The number of esters is 1. The van der Waals surface area contributed by atoms with Gasteiger partial charge < -0.3 is 19.5 Å². The molecule has 0 spiro atoms. The molecule has 0 radical (unpaired) electrons. The average molecular weight is 383 g/mol. The minimum Gasteiger partial charge on any atom is -0.493 e. The number of carbonyl (C=O) groups is 2. The Hall–Kier alpha value is -3.23. The van der Waals surface area contributed by atoms with E-state index in [9.17, 15) is 22.8 Å². The Kier molecular flexibility index (Phi) is 6.64. The van der Waals surface area contributed by atoms with E-state index in [1.165, 1.54) is 25.3 Å². The molecule has 0 aliphatic rings. The predicted molar refractivity (Wildman–Crippen MR) is 89.7 cm³/mol. The van der Waals surface area contributed by atoms with Gasteiger partial charge in [0.15, 0.2) is 18.1 Å². The van der Waals surface area contributed by atoms with Crippen LogP contribution in [0.3, 0.4) is 0 Å². The first kappa shape index (κ1) is 20.1. The van der Waals surface area contributed by atoms with Crippen molar-refractivity contribution in [1.82, 2.24) is 0 Å². The normalized spacial score (nSPS) is 10.4. The number of carbonyl (C=O) groups excluding carboxylic acids is 2. The summed E-state index contributed by atoms with van der Waals surface area (Å²) in [5.74, 6) is -2.40. The monoisotopic (exact) mass is 383 g/mol.